The summed E-state index contributed by atoms with van der Waals surface area (Å²) in [6, 6.07) is 2.87. The molecule has 2 N–H and O–H groups in total. The number of carbonyl (C=O) groups is 1. The van der Waals surface area contributed by atoms with Crippen molar-refractivity contribution in [2.24, 2.45) is 11.7 Å². The first-order chi connectivity index (χ1) is 9.90. The topological polar surface area (TPSA) is 46.3 Å². The second-order valence-corrected chi connectivity index (χ2v) is 5.91. The summed E-state index contributed by atoms with van der Waals surface area (Å²) in [6.07, 6.45) is 3.37. The van der Waals surface area contributed by atoms with Gasteiger partial charge >= 0.3 is 0 Å². The van der Waals surface area contributed by atoms with E-state index in [1.807, 2.05) is 0 Å². The molecule has 0 bridgehead atoms. The van der Waals surface area contributed by atoms with Crippen molar-refractivity contribution in [1.82, 2.24) is 4.90 Å². The smallest absolute Gasteiger partial charge is 0.225 e. The van der Waals surface area contributed by atoms with Crippen molar-refractivity contribution in [3.8, 4) is 0 Å². The molecule has 1 saturated carbocycles. The number of carbonyl (C=O) groups excluding carboxylic acids is 1. The van der Waals surface area contributed by atoms with E-state index in [-0.39, 0.29) is 23.4 Å². The first-order valence-corrected chi connectivity index (χ1v) is 7.37. The number of nitrogens with zero attached hydrogens (tertiary/aromatic N) is 1. The maximum atomic E-state index is 13.8. The molecule has 0 spiro atoms. The number of hydrogen-bond donors (Lipinski definition) is 1. The Kier molecular flexibility index (Phi) is 4.93. The molecule has 1 amide bonds. The van der Waals surface area contributed by atoms with E-state index in [2.05, 4.69) is 0 Å². The Labute approximate surface area is 124 Å². The van der Waals surface area contributed by atoms with Crippen molar-refractivity contribution in [1.29, 1.82) is 0 Å². The molecule has 1 fully saturated rings. The van der Waals surface area contributed by atoms with Crippen LogP contribution in [0.15, 0.2) is 18.2 Å². The van der Waals surface area contributed by atoms with Crippen LogP contribution in [0.2, 0.25) is 0 Å². The third-order valence-electron chi connectivity index (χ3n) is 4.40. The third-order valence-corrected chi connectivity index (χ3v) is 4.40. The molecular weight excluding hydrogens is 274 g/mol. The SMILES string of the molecule is C[C@H](c1cc(F)ccc1F)N(C)C(=O)[C@@H]1CCC[C@@H](N)C1. The summed E-state index contributed by atoms with van der Waals surface area (Å²) in [7, 11) is 1.64. The molecule has 0 aliphatic heterocycles. The van der Waals surface area contributed by atoms with E-state index in [9.17, 15) is 13.6 Å². The number of rotatable bonds is 3. The molecular formula is C16H22F2N2O. The van der Waals surface area contributed by atoms with Gasteiger partial charge in [0.15, 0.2) is 0 Å². The number of hydrogen-bond acceptors (Lipinski definition) is 2. The van der Waals surface area contributed by atoms with Gasteiger partial charge in [-0.3, -0.25) is 4.79 Å². The van der Waals surface area contributed by atoms with Crippen LogP contribution in [0.4, 0.5) is 8.78 Å². The molecule has 2 rings (SSSR count). The van der Waals surface area contributed by atoms with E-state index >= 15 is 0 Å². The monoisotopic (exact) mass is 296 g/mol. The van der Waals surface area contributed by atoms with Crippen LogP contribution in [-0.2, 0) is 4.79 Å². The van der Waals surface area contributed by atoms with Crippen LogP contribution in [0, 0.1) is 17.6 Å². The molecule has 0 saturated heterocycles. The van der Waals surface area contributed by atoms with Gasteiger partial charge in [-0.2, -0.15) is 0 Å². The maximum absolute atomic E-state index is 13.8. The molecule has 0 radical (unpaired) electrons. The normalized spacial score (nSPS) is 23.7. The summed E-state index contributed by atoms with van der Waals surface area (Å²) in [5, 5.41) is 0. The van der Waals surface area contributed by atoms with Crippen LogP contribution >= 0.6 is 0 Å². The van der Waals surface area contributed by atoms with Crippen molar-refractivity contribution in [2.75, 3.05) is 7.05 Å². The zero-order chi connectivity index (χ0) is 15.6. The minimum Gasteiger partial charge on any atom is -0.339 e. The molecule has 1 aromatic rings. The van der Waals surface area contributed by atoms with Crippen LogP contribution in [0.5, 0.6) is 0 Å². The van der Waals surface area contributed by atoms with Gasteiger partial charge in [-0.25, -0.2) is 8.78 Å². The number of amides is 1. The maximum Gasteiger partial charge on any atom is 0.225 e. The van der Waals surface area contributed by atoms with E-state index in [0.29, 0.717) is 6.42 Å². The molecule has 1 aliphatic rings. The first kappa shape index (κ1) is 15.9. The molecule has 116 valence electrons. The van der Waals surface area contributed by atoms with Crippen molar-refractivity contribution in [2.45, 2.75) is 44.7 Å². The number of nitrogens with two attached hydrogens (primary N) is 1. The second kappa shape index (κ2) is 6.52. The van der Waals surface area contributed by atoms with Crippen molar-refractivity contribution < 1.29 is 13.6 Å². The van der Waals surface area contributed by atoms with Gasteiger partial charge in [0.1, 0.15) is 11.6 Å². The van der Waals surface area contributed by atoms with E-state index in [1.165, 1.54) is 4.90 Å². The summed E-state index contributed by atoms with van der Waals surface area (Å²) in [6.45, 7) is 1.71. The fraction of sp³-hybridized carbons (Fsp3) is 0.562. The highest BCUT2D eigenvalue weighted by molar-refractivity contribution is 5.79. The number of benzene rings is 1. The molecule has 0 aromatic heterocycles. The lowest BCUT2D eigenvalue weighted by Crippen LogP contribution is -2.40. The lowest BCUT2D eigenvalue weighted by molar-refractivity contribution is -0.137. The van der Waals surface area contributed by atoms with Crippen molar-refractivity contribution >= 4 is 5.91 Å². The van der Waals surface area contributed by atoms with E-state index in [0.717, 1.165) is 37.5 Å². The fourth-order valence-electron chi connectivity index (χ4n) is 2.97. The van der Waals surface area contributed by atoms with Gasteiger partial charge in [-0.05, 0) is 44.4 Å². The molecule has 0 unspecified atom stereocenters. The summed E-state index contributed by atoms with van der Waals surface area (Å²) in [5.41, 5.74) is 6.11. The van der Waals surface area contributed by atoms with Gasteiger partial charge < -0.3 is 10.6 Å². The molecule has 3 nitrogen and oxygen atoms in total. The Balaban J connectivity index is 2.12. The summed E-state index contributed by atoms with van der Waals surface area (Å²) in [5.74, 6) is -1.15. The Morgan fingerprint density at radius 1 is 1.38 bits per heavy atom. The predicted molar refractivity (Wildman–Crippen MR) is 77.5 cm³/mol. The van der Waals surface area contributed by atoms with Gasteiger partial charge in [0.2, 0.25) is 5.91 Å². The van der Waals surface area contributed by atoms with E-state index in [4.69, 9.17) is 5.73 Å². The summed E-state index contributed by atoms with van der Waals surface area (Å²) >= 11 is 0. The Morgan fingerprint density at radius 2 is 2.10 bits per heavy atom. The predicted octanol–water partition coefficient (Wildman–Crippen LogP) is 3.00. The zero-order valence-corrected chi connectivity index (χ0v) is 12.5. The fourth-order valence-corrected chi connectivity index (χ4v) is 2.97. The molecule has 1 aromatic carbocycles. The van der Waals surface area contributed by atoms with Crippen LogP contribution in [0.3, 0.4) is 0 Å². The summed E-state index contributed by atoms with van der Waals surface area (Å²) in [4.78, 5) is 14.0. The summed E-state index contributed by atoms with van der Waals surface area (Å²) < 4.78 is 27.1. The highest BCUT2D eigenvalue weighted by atomic mass is 19.1. The second-order valence-electron chi connectivity index (χ2n) is 5.91. The van der Waals surface area contributed by atoms with Gasteiger partial charge in [0.25, 0.3) is 0 Å². The van der Waals surface area contributed by atoms with Crippen LogP contribution in [0.25, 0.3) is 0 Å². The van der Waals surface area contributed by atoms with Crippen LogP contribution in [0.1, 0.15) is 44.2 Å². The quantitative estimate of drug-likeness (QED) is 0.932. The standard InChI is InChI=1S/C16H22F2N2O/c1-10(14-9-12(17)6-7-15(14)18)20(2)16(21)11-4-3-5-13(19)8-11/h6-7,9-11,13H,3-5,8,19H2,1-2H3/t10-,11-,13-/m1/s1. The van der Waals surface area contributed by atoms with Gasteiger partial charge in [0, 0.05) is 24.6 Å². The van der Waals surface area contributed by atoms with Crippen molar-refractivity contribution in [3.05, 3.63) is 35.4 Å². The van der Waals surface area contributed by atoms with Gasteiger partial charge in [-0.15, -0.1) is 0 Å². The first-order valence-electron chi connectivity index (χ1n) is 7.37. The largest absolute Gasteiger partial charge is 0.339 e. The van der Waals surface area contributed by atoms with Crippen LogP contribution in [-0.4, -0.2) is 23.9 Å². The highest BCUT2D eigenvalue weighted by Gasteiger charge is 2.30. The molecule has 5 heteroatoms. The lowest BCUT2D eigenvalue weighted by Gasteiger charge is -2.32. The Morgan fingerprint density at radius 3 is 2.76 bits per heavy atom. The third kappa shape index (κ3) is 3.59. The minimum atomic E-state index is -0.508. The van der Waals surface area contributed by atoms with E-state index < -0.39 is 17.7 Å². The van der Waals surface area contributed by atoms with Gasteiger partial charge in [-0.1, -0.05) is 6.42 Å². The lowest BCUT2D eigenvalue weighted by atomic mass is 9.85. The minimum absolute atomic E-state index is 0.0405. The van der Waals surface area contributed by atoms with Crippen LogP contribution < -0.4 is 5.73 Å². The molecule has 0 heterocycles. The van der Waals surface area contributed by atoms with Crippen molar-refractivity contribution in [3.63, 3.8) is 0 Å². The zero-order valence-electron chi connectivity index (χ0n) is 12.5. The van der Waals surface area contributed by atoms with Gasteiger partial charge in [0.05, 0.1) is 6.04 Å². The average Bonchev–Trinajstić information content (AvgIpc) is 2.47. The van der Waals surface area contributed by atoms with E-state index in [1.54, 1.807) is 14.0 Å². The number of halogens is 2. The average molecular weight is 296 g/mol. The highest BCUT2D eigenvalue weighted by Crippen LogP contribution is 2.29. The Bertz CT molecular complexity index is 521. The molecule has 1 aliphatic carbocycles. The molecule has 3 atom stereocenters. The molecule has 21 heavy (non-hydrogen) atoms. The Hall–Kier alpha value is -1.49.